The molecule has 132 valence electrons. The van der Waals surface area contributed by atoms with Crippen LogP contribution in [-0.2, 0) is 35.7 Å². The first-order valence-corrected chi connectivity index (χ1v) is 10.8. The molecule has 2 aromatic rings. The molecule has 4 rings (SSSR count). The van der Waals surface area contributed by atoms with E-state index in [1.807, 2.05) is 19.1 Å². The Balaban J connectivity index is 1.56. The Bertz CT molecular complexity index is 902. The molecule has 1 N–H and O–H groups in total. The second-order valence-electron chi connectivity index (χ2n) is 7.36. The monoisotopic (exact) mass is 355 g/mol. The molecule has 0 spiro atoms. The predicted octanol–water partition coefficient (Wildman–Crippen LogP) is 4.09. The smallest absolute Gasteiger partial charge is 0.207 e. The van der Waals surface area contributed by atoms with Gasteiger partial charge in [0.05, 0.1) is 4.90 Å². The first-order valence-electron chi connectivity index (χ1n) is 9.29. The Hall–Kier alpha value is -1.65. The summed E-state index contributed by atoms with van der Waals surface area (Å²) in [6, 6.07) is 11.8. The molecule has 0 amide bonds. The van der Waals surface area contributed by atoms with Gasteiger partial charge in [0.2, 0.25) is 10.0 Å². The minimum absolute atomic E-state index is 0.231. The summed E-state index contributed by atoms with van der Waals surface area (Å²) in [6.07, 6.45) is 7.91. The largest absolute Gasteiger partial charge is 0.241 e. The summed E-state index contributed by atoms with van der Waals surface area (Å²) in [5, 5.41) is 0. The van der Waals surface area contributed by atoms with Crippen molar-refractivity contribution in [2.24, 2.45) is 0 Å². The third-order valence-electron chi connectivity index (χ3n) is 5.58. The number of rotatable bonds is 4. The van der Waals surface area contributed by atoms with Crippen molar-refractivity contribution >= 4 is 10.0 Å². The molecule has 2 aliphatic rings. The van der Waals surface area contributed by atoms with E-state index in [0.717, 1.165) is 37.7 Å². The fraction of sp³-hybridized carbons (Fsp3) is 0.429. The van der Waals surface area contributed by atoms with Crippen LogP contribution in [0.4, 0.5) is 0 Å². The number of benzene rings is 2. The quantitative estimate of drug-likeness (QED) is 0.898. The third kappa shape index (κ3) is 3.38. The van der Waals surface area contributed by atoms with Gasteiger partial charge in [0.25, 0.3) is 0 Å². The molecular weight excluding hydrogens is 330 g/mol. The van der Waals surface area contributed by atoms with Crippen LogP contribution in [0.2, 0.25) is 0 Å². The second-order valence-corrected chi connectivity index (χ2v) is 9.08. The van der Waals surface area contributed by atoms with Gasteiger partial charge in [-0.1, -0.05) is 24.3 Å². The molecule has 0 aliphatic heterocycles. The summed E-state index contributed by atoms with van der Waals surface area (Å²) in [7, 11) is -3.50. The lowest BCUT2D eigenvalue weighted by atomic mass is 9.89. The number of nitrogens with one attached hydrogen (secondary N) is 1. The average molecular weight is 356 g/mol. The van der Waals surface area contributed by atoms with E-state index < -0.39 is 10.0 Å². The molecule has 0 aromatic heterocycles. The lowest BCUT2D eigenvalue weighted by Gasteiger charge is -2.20. The highest BCUT2D eigenvalue weighted by Crippen LogP contribution is 2.27. The third-order valence-corrected chi connectivity index (χ3v) is 7.12. The number of aryl methyl sites for hydroxylation is 4. The number of fused-ring (bicyclic) bond motifs is 2. The SMILES string of the molecule is CC(NS(=O)(=O)c1ccc2c(c1)CCC2)c1ccc2c(c1)CCCC2. The fourth-order valence-electron chi connectivity index (χ4n) is 4.11. The summed E-state index contributed by atoms with van der Waals surface area (Å²) in [5.41, 5.74) is 6.33. The zero-order valence-electron chi connectivity index (χ0n) is 14.7. The molecule has 1 unspecified atom stereocenters. The van der Waals surface area contributed by atoms with Crippen molar-refractivity contribution in [1.29, 1.82) is 0 Å². The summed E-state index contributed by atoms with van der Waals surface area (Å²) >= 11 is 0. The summed E-state index contributed by atoms with van der Waals surface area (Å²) in [5.74, 6) is 0. The second kappa shape index (κ2) is 6.58. The van der Waals surface area contributed by atoms with Gasteiger partial charge in [0.1, 0.15) is 0 Å². The van der Waals surface area contributed by atoms with Crippen LogP contribution < -0.4 is 4.72 Å². The number of sulfonamides is 1. The van der Waals surface area contributed by atoms with Crippen LogP contribution in [0.3, 0.4) is 0 Å². The zero-order valence-corrected chi connectivity index (χ0v) is 15.5. The maximum absolute atomic E-state index is 12.8. The van der Waals surface area contributed by atoms with Gasteiger partial charge in [-0.15, -0.1) is 0 Å². The highest BCUT2D eigenvalue weighted by Gasteiger charge is 2.21. The van der Waals surface area contributed by atoms with E-state index in [1.54, 1.807) is 6.07 Å². The van der Waals surface area contributed by atoms with E-state index in [0.29, 0.717) is 4.90 Å². The predicted molar refractivity (Wildman–Crippen MR) is 100 cm³/mol. The van der Waals surface area contributed by atoms with Gasteiger partial charge in [-0.25, -0.2) is 13.1 Å². The Morgan fingerprint density at radius 2 is 1.40 bits per heavy atom. The summed E-state index contributed by atoms with van der Waals surface area (Å²) < 4.78 is 28.4. The van der Waals surface area contributed by atoms with E-state index in [1.165, 1.54) is 35.1 Å². The molecule has 3 nitrogen and oxygen atoms in total. The van der Waals surface area contributed by atoms with Gasteiger partial charge in [-0.2, -0.15) is 0 Å². The molecule has 25 heavy (non-hydrogen) atoms. The summed E-state index contributed by atoms with van der Waals surface area (Å²) in [4.78, 5) is 0.387. The van der Waals surface area contributed by atoms with E-state index in [4.69, 9.17) is 0 Å². The van der Waals surface area contributed by atoms with Crippen LogP contribution >= 0.6 is 0 Å². The highest BCUT2D eigenvalue weighted by atomic mass is 32.2. The normalized spacial score (nSPS) is 17.8. The van der Waals surface area contributed by atoms with Gasteiger partial charge >= 0.3 is 0 Å². The van der Waals surface area contributed by atoms with Crippen LogP contribution in [-0.4, -0.2) is 8.42 Å². The first-order chi connectivity index (χ1) is 12.0. The van der Waals surface area contributed by atoms with Crippen LogP contribution in [0.15, 0.2) is 41.3 Å². The van der Waals surface area contributed by atoms with E-state index >= 15 is 0 Å². The molecule has 1 atom stereocenters. The van der Waals surface area contributed by atoms with Crippen molar-refractivity contribution in [3.8, 4) is 0 Å². The van der Waals surface area contributed by atoms with Gasteiger partial charge in [0.15, 0.2) is 0 Å². The Morgan fingerprint density at radius 1 is 0.800 bits per heavy atom. The lowest BCUT2D eigenvalue weighted by molar-refractivity contribution is 0.566. The minimum atomic E-state index is -3.50. The van der Waals surface area contributed by atoms with Gasteiger partial charge in [-0.05, 0) is 91.8 Å². The minimum Gasteiger partial charge on any atom is -0.207 e. The Kier molecular flexibility index (Phi) is 4.42. The van der Waals surface area contributed by atoms with Crippen molar-refractivity contribution in [2.45, 2.75) is 62.8 Å². The molecule has 0 saturated heterocycles. The highest BCUT2D eigenvalue weighted by molar-refractivity contribution is 7.89. The number of hydrogen-bond donors (Lipinski definition) is 1. The first kappa shape index (κ1) is 16.8. The molecule has 2 aromatic carbocycles. The molecule has 0 saturated carbocycles. The van der Waals surface area contributed by atoms with Crippen LogP contribution in [0.1, 0.15) is 60.0 Å². The van der Waals surface area contributed by atoms with Gasteiger partial charge < -0.3 is 0 Å². The van der Waals surface area contributed by atoms with Crippen molar-refractivity contribution in [3.63, 3.8) is 0 Å². The van der Waals surface area contributed by atoms with Crippen molar-refractivity contribution < 1.29 is 8.42 Å². The molecular formula is C21H25NO2S. The van der Waals surface area contributed by atoms with E-state index in [-0.39, 0.29) is 6.04 Å². The Morgan fingerprint density at radius 3 is 2.20 bits per heavy atom. The fourth-order valence-corrected chi connectivity index (χ4v) is 5.39. The maximum atomic E-state index is 12.8. The van der Waals surface area contributed by atoms with E-state index in [2.05, 4.69) is 22.9 Å². The molecule has 0 radical (unpaired) electrons. The molecule has 4 heteroatoms. The van der Waals surface area contributed by atoms with Crippen LogP contribution in [0.5, 0.6) is 0 Å². The molecule has 2 aliphatic carbocycles. The van der Waals surface area contributed by atoms with Crippen LogP contribution in [0.25, 0.3) is 0 Å². The molecule has 0 heterocycles. The zero-order chi connectivity index (χ0) is 17.4. The van der Waals surface area contributed by atoms with Crippen molar-refractivity contribution in [3.05, 3.63) is 64.2 Å². The molecule has 0 bridgehead atoms. The van der Waals surface area contributed by atoms with Crippen molar-refractivity contribution in [2.75, 3.05) is 0 Å². The Labute approximate surface area is 150 Å². The average Bonchev–Trinajstić information content (AvgIpc) is 3.08. The topological polar surface area (TPSA) is 46.2 Å². The van der Waals surface area contributed by atoms with Crippen molar-refractivity contribution in [1.82, 2.24) is 4.72 Å². The molecule has 0 fully saturated rings. The summed E-state index contributed by atoms with van der Waals surface area (Å²) in [6.45, 7) is 1.93. The van der Waals surface area contributed by atoms with Gasteiger partial charge in [0, 0.05) is 6.04 Å². The van der Waals surface area contributed by atoms with Gasteiger partial charge in [-0.3, -0.25) is 0 Å². The standard InChI is InChI=1S/C21H25NO2S/c1-15(18-10-9-16-5-2-3-6-19(16)13-18)22-25(23,24)21-12-11-17-7-4-8-20(17)14-21/h9-15,22H,2-8H2,1H3. The van der Waals surface area contributed by atoms with E-state index in [9.17, 15) is 8.42 Å². The maximum Gasteiger partial charge on any atom is 0.241 e. The lowest BCUT2D eigenvalue weighted by Crippen LogP contribution is -2.27. The van der Waals surface area contributed by atoms with Crippen LogP contribution in [0, 0.1) is 0 Å². The number of hydrogen-bond acceptors (Lipinski definition) is 2.